The van der Waals surface area contributed by atoms with Crippen molar-refractivity contribution in [3.8, 4) is 0 Å². The molecule has 1 fully saturated rings. The lowest BCUT2D eigenvalue weighted by Gasteiger charge is -2.15. The molecule has 2 rings (SSSR count). The molecule has 0 radical (unpaired) electrons. The van der Waals surface area contributed by atoms with Crippen LogP contribution in [-0.4, -0.2) is 24.5 Å². The molecule has 1 atom stereocenters. The number of likely N-dealkylation sites (tertiary alicyclic amines) is 1. The van der Waals surface area contributed by atoms with E-state index in [1.54, 1.807) is 0 Å². The van der Waals surface area contributed by atoms with Gasteiger partial charge in [0.15, 0.2) is 0 Å². The molecular formula is C12H16BrFN2. The van der Waals surface area contributed by atoms with Crippen LogP contribution in [0.4, 0.5) is 4.39 Å². The molecule has 0 spiro atoms. The minimum atomic E-state index is -0.204. The van der Waals surface area contributed by atoms with Gasteiger partial charge in [0.2, 0.25) is 0 Å². The molecule has 88 valence electrons. The first kappa shape index (κ1) is 12.0. The molecular weight excluding hydrogens is 271 g/mol. The fourth-order valence-corrected chi connectivity index (χ4v) is 2.57. The number of rotatable bonds is 3. The van der Waals surface area contributed by atoms with Crippen LogP contribution >= 0.6 is 15.9 Å². The molecule has 0 aliphatic carbocycles. The van der Waals surface area contributed by atoms with Crippen molar-refractivity contribution in [3.63, 3.8) is 0 Å². The van der Waals surface area contributed by atoms with E-state index in [0.717, 1.165) is 31.7 Å². The molecule has 1 aliphatic rings. The summed E-state index contributed by atoms with van der Waals surface area (Å²) in [6, 6.07) is 5.21. The van der Waals surface area contributed by atoms with Gasteiger partial charge in [-0.2, -0.15) is 0 Å². The van der Waals surface area contributed by atoms with Crippen LogP contribution in [0.2, 0.25) is 0 Å². The number of hydrogen-bond acceptors (Lipinski definition) is 2. The Morgan fingerprint density at radius 3 is 2.94 bits per heavy atom. The second-order valence-corrected chi connectivity index (χ2v) is 5.23. The predicted molar refractivity (Wildman–Crippen MR) is 66.5 cm³/mol. The van der Waals surface area contributed by atoms with E-state index in [9.17, 15) is 4.39 Å². The standard InChI is InChI=1S/C12H16BrFN2/c13-11-5-9(1-2-12(11)14)7-16-4-3-10(6-15)8-16/h1-2,5,10H,3-4,6-8,15H2. The third-order valence-electron chi connectivity index (χ3n) is 3.09. The van der Waals surface area contributed by atoms with Gasteiger partial charge in [0.1, 0.15) is 5.82 Å². The average molecular weight is 287 g/mol. The monoisotopic (exact) mass is 286 g/mol. The van der Waals surface area contributed by atoms with Gasteiger partial charge in [-0.3, -0.25) is 4.90 Å². The maximum Gasteiger partial charge on any atom is 0.137 e. The second kappa shape index (κ2) is 5.25. The van der Waals surface area contributed by atoms with E-state index in [4.69, 9.17) is 5.73 Å². The van der Waals surface area contributed by atoms with Gasteiger partial charge < -0.3 is 5.73 Å². The lowest BCUT2D eigenvalue weighted by molar-refractivity contribution is 0.317. The summed E-state index contributed by atoms with van der Waals surface area (Å²) < 4.78 is 13.6. The van der Waals surface area contributed by atoms with Crippen LogP contribution < -0.4 is 5.73 Å². The third kappa shape index (κ3) is 2.81. The van der Waals surface area contributed by atoms with Crippen molar-refractivity contribution in [2.24, 2.45) is 11.7 Å². The summed E-state index contributed by atoms with van der Waals surface area (Å²) in [4.78, 5) is 2.37. The molecule has 1 saturated heterocycles. The molecule has 16 heavy (non-hydrogen) atoms. The summed E-state index contributed by atoms with van der Waals surface area (Å²) in [5, 5.41) is 0. The van der Waals surface area contributed by atoms with Crippen molar-refractivity contribution in [2.75, 3.05) is 19.6 Å². The van der Waals surface area contributed by atoms with Gasteiger partial charge in [0.25, 0.3) is 0 Å². The molecule has 1 unspecified atom stereocenters. The van der Waals surface area contributed by atoms with Gasteiger partial charge >= 0.3 is 0 Å². The van der Waals surface area contributed by atoms with Crippen LogP contribution in [0, 0.1) is 11.7 Å². The van der Waals surface area contributed by atoms with E-state index in [-0.39, 0.29) is 5.82 Å². The summed E-state index contributed by atoms with van der Waals surface area (Å²) in [5.41, 5.74) is 6.79. The van der Waals surface area contributed by atoms with Gasteiger partial charge in [-0.25, -0.2) is 4.39 Å². The van der Waals surface area contributed by atoms with E-state index in [1.807, 2.05) is 12.1 Å². The van der Waals surface area contributed by atoms with Crippen LogP contribution in [0.1, 0.15) is 12.0 Å². The summed E-state index contributed by atoms with van der Waals surface area (Å²) in [6.07, 6.45) is 1.18. The van der Waals surface area contributed by atoms with Crippen molar-refractivity contribution in [2.45, 2.75) is 13.0 Å². The number of halogens is 2. The molecule has 0 amide bonds. The van der Waals surface area contributed by atoms with Crippen LogP contribution in [-0.2, 0) is 6.54 Å². The summed E-state index contributed by atoms with van der Waals surface area (Å²) in [7, 11) is 0. The van der Waals surface area contributed by atoms with Crippen LogP contribution in [0.3, 0.4) is 0 Å². The van der Waals surface area contributed by atoms with Gasteiger partial charge in [-0.05, 0) is 59.1 Å². The van der Waals surface area contributed by atoms with Gasteiger partial charge in [0, 0.05) is 13.1 Å². The topological polar surface area (TPSA) is 29.3 Å². The van der Waals surface area contributed by atoms with Crippen molar-refractivity contribution < 1.29 is 4.39 Å². The highest BCUT2D eigenvalue weighted by Gasteiger charge is 2.21. The SMILES string of the molecule is NCC1CCN(Cc2ccc(F)c(Br)c2)C1. The Balaban J connectivity index is 1.97. The molecule has 1 heterocycles. The smallest absolute Gasteiger partial charge is 0.137 e. The Hall–Kier alpha value is -0.450. The number of benzene rings is 1. The van der Waals surface area contributed by atoms with E-state index >= 15 is 0 Å². The van der Waals surface area contributed by atoms with Crippen LogP contribution in [0.5, 0.6) is 0 Å². The highest BCUT2D eigenvalue weighted by atomic mass is 79.9. The van der Waals surface area contributed by atoms with E-state index in [1.165, 1.54) is 12.5 Å². The number of hydrogen-bond donors (Lipinski definition) is 1. The average Bonchev–Trinajstić information content (AvgIpc) is 2.71. The highest BCUT2D eigenvalue weighted by molar-refractivity contribution is 9.10. The number of nitrogens with two attached hydrogens (primary N) is 1. The fraction of sp³-hybridized carbons (Fsp3) is 0.500. The predicted octanol–water partition coefficient (Wildman–Crippen LogP) is 2.37. The Bertz CT molecular complexity index is 370. The Morgan fingerprint density at radius 1 is 1.50 bits per heavy atom. The minimum Gasteiger partial charge on any atom is -0.330 e. The van der Waals surface area contributed by atoms with Crippen molar-refractivity contribution in [1.29, 1.82) is 0 Å². The molecule has 2 nitrogen and oxygen atoms in total. The first-order chi connectivity index (χ1) is 7.69. The number of nitrogens with zero attached hydrogens (tertiary/aromatic N) is 1. The first-order valence-electron chi connectivity index (χ1n) is 5.55. The second-order valence-electron chi connectivity index (χ2n) is 4.37. The zero-order valence-electron chi connectivity index (χ0n) is 9.13. The normalized spacial score (nSPS) is 21.6. The maximum absolute atomic E-state index is 13.1. The molecule has 4 heteroatoms. The van der Waals surface area contributed by atoms with Crippen molar-refractivity contribution in [1.82, 2.24) is 4.90 Å². The maximum atomic E-state index is 13.1. The molecule has 0 bridgehead atoms. The zero-order chi connectivity index (χ0) is 11.5. The van der Waals surface area contributed by atoms with Crippen molar-refractivity contribution >= 4 is 15.9 Å². The van der Waals surface area contributed by atoms with Crippen molar-refractivity contribution in [3.05, 3.63) is 34.1 Å². The fourth-order valence-electron chi connectivity index (χ4n) is 2.15. The van der Waals surface area contributed by atoms with E-state index < -0.39 is 0 Å². The summed E-state index contributed by atoms with van der Waals surface area (Å²) >= 11 is 3.21. The summed E-state index contributed by atoms with van der Waals surface area (Å²) in [5.74, 6) is 0.425. The highest BCUT2D eigenvalue weighted by Crippen LogP contribution is 2.21. The molecule has 0 saturated carbocycles. The van der Waals surface area contributed by atoms with Gasteiger partial charge in [-0.1, -0.05) is 6.07 Å². The Labute approximate surface area is 104 Å². The lowest BCUT2D eigenvalue weighted by Crippen LogP contribution is -2.22. The summed E-state index contributed by atoms with van der Waals surface area (Å²) in [6.45, 7) is 3.81. The van der Waals surface area contributed by atoms with E-state index in [0.29, 0.717) is 10.4 Å². The molecule has 0 aromatic heterocycles. The molecule has 1 aliphatic heterocycles. The van der Waals surface area contributed by atoms with Crippen LogP contribution in [0.25, 0.3) is 0 Å². The quantitative estimate of drug-likeness (QED) is 0.924. The first-order valence-corrected chi connectivity index (χ1v) is 6.34. The lowest BCUT2D eigenvalue weighted by atomic mass is 10.1. The molecule has 2 N–H and O–H groups in total. The minimum absolute atomic E-state index is 0.204. The Kier molecular flexibility index (Phi) is 3.95. The molecule has 1 aromatic rings. The van der Waals surface area contributed by atoms with Crippen LogP contribution in [0.15, 0.2) is 22.7 Å². The largest absolute Gasteiger partial charge is 0.330 e. The molecule has 1 aromatic carbocycles. The van der Waals surface area contributed by atoms with Gasteiger partial charge in [0.05, 0.1) is 4.47 Å². The third-order valence-corrected chi connectivity index (χ3v) is 3.70. The van der Waals surface area contributed by atoms with Gasteiger partial charge in [-0.15, -0.1) is 0 Å². The zero-order valence-corrected chi connectivity index (χ0v) is 10.7. The Morgan fingerprint density at radius 2 is 2.31 bits per heavy atom. The van der Waals surface area contributed by atoms with E-state index in [2.05, 4.69) is 20.8 Å².